The third-order valence-corrected chi connectivity index (χ3v) is 8.98. The van der Waals surface area contributed by atoms with Crippen molar-refractivity contribution in [2.75, 3.05) is 60.2 Å². The minimum Gasteiger partial charge on any atom is -0.508 e. The van der Waals surface area contributed by atoms with E-state index < -0.39 is 6.29 Å². The van der Waals surface area contributed by atoms with Crippen LogP contribution >= 0.6 is 0 Å². The van der Waals surface area contributed by atoms with Gasteiger partial charge in [-0.1, -0.05) is 42.5 Å². The van der Waals surface area contributed by atoms with Gasteiger partial charge in [0.15, 0.2) is 6.29 Å². The standard InChI is InChI=1S/C34H50N2O6/c1-26(2)35-18-16-34(17-19-35,28-9-6-5-7-10-28)30-23-27(12-13-31(30)37)14-21-41-22-15-32(38)36(25-33(39-3)40-4)24-29-11-8-20-42-29/h5-7,9-10,12-13,23,26,29,33,37H,8,11,14-22,24-25H2,1-4H3/t29-/m1/s1. The van der Waals surface area contributed by atoms with E-state index in [2.05, 4.69) is 49.1 Å². The second-order valence-electron chi connectivity index (χ2n) is 11.9. The first-order chi connectivity index (χ1) is 20.4. The summed E-state index contributed by atoms with van der Waals surface area (Å²) >= 11 is 0. The zero-order chi connectivity index (χ0) is 30.0. The highest BCUT2D eigenvalue weighted by molar-refractivity contribution is 5.76. The molecular formula is C34H50N2O6. The number of nitrogens with zero attached hydrogens (tertiary/aromatic N) is 2. The van der Waals surface area contributed by atoms with E-state index in [0.717, 1.165) is 56.5 Å². The molecule has 2 heterocycles. The highest BCUT2D eigenvalue weighted by Gasteiger charge is 2.40. The fourth-order valence-corrected chi connectivity index (χ4v) is 6.36. The molecular weight excluding hydrogens is 532 g/mol. The molecule has 0 bridgehead atoms. The molecule has 0 unspecified atom stereocenters. The van der Waals surface area contributed by atoms with E-state index in [1.807, 2.05) is 18.2 Å². The first-order valence-corrected chi connectivity index (χ1v) is 15.5. The molecule has 1 N–H and O–H groups in total. The van der Waals surface area contributed by atoms with Gasteiger partial charge in [0.05, 0.1) is 32.3 Å². The number of carbonyl (C=O) groups excluding carboxylic acids is 1. The number of phenolic OH excluding ortho intramolecular Hbond substituents is 1. The molecule has 8 heteroatoms. The first kappa shape index (κ1) is 32.4. The lowest BCUT2D eigenvalue weighted by atomic mass is 9.67. The van der Waals surface area contributed by atoms with Gasteiger partial charge in [-0.15, -0.1) is 0 Å². The lowest BCUT2D eigenvalue weighted by Gasteiger charge is -2.44. The van der Waals surface area contributed by atoms with Gasteiger partial charge in [-0.3, -0.25) is 4.79 Å². The zero-order valence-electron chi connectivity index (χ0n) is 25.9. The van der Waals surface area contributed by atoms with Crippen LogP contribution in [0.3, 0.4) is 0 Å². The summed E-state index contributed by atoms with van der Waals surface area (Å²) < 4.78 is 22.4. The molecule has 2 fully saturated rings. The SMILES string of the molecule is COC(CN(C[C@H]1CCCO1)C(=O)CCOCCc1ccc(O)c(C2(c3ccccc3)CCN(C(C)C)CC2)c1)OC. The van der Waals surface area contributed by atoms with Crippen molar-refractivity contribution in [1.29, 1.82) is 0 Å². The molecule has 1 atom stereocenters. The maximum atomic E-state index is 13.1. The third-order valence-electron chi connectivity index (χ3n) is 8.98. The largest absolute Gasteiger partial charge is 0.508 e. The van der Waals surface area contributed by atoms with Gasteiger partial charge in [0.25, 0.3) is 0 Å². The van der Waals surface area contributed by atoms with Crippen molar-refractivity contribution in [2.24, 2.45) is 0 Å². The number of phenols is 1. The minimum absolute atomic E-state index is 0.00839. The second kappa shape index (κ2) is 15.8. The number of ether oxygens (including phenoxy) is 4. The summed E-state index contributed by atoms with van der Waals surface area (Å²) in [5, 5.41) is 11.1. The molecule has 0 spiro atoms. The van der Waals surface area contributed by atoms with Gasteiger partial charge in [-0.05, 0) is 76.2 Å². The summed E-state index contributed by atoms with van der Waals surface area (Å²) in [5.74, 6) is 0.359. The van der Waals surface area contributed by atoms with E-state index in [-0.39, 0.29) is 23.8 Å². The number of hydrogen-bond acceptors (Lipinski definition) is 7. The van der Waals surface area contributed by atoms with Crippen molar-refractivity contribution in [3.05, 3.63) is 65.2 Å². The van der Waals surface area contributed by atoms with E-state index in [1.165, 1.54) is 5.56 Å². The average molecular weight is 583 g/mol. The highest BCUT2D eigenvalue weighted by atomic mass is 16.7. The van der Waals surface area contributed by atoms with Gasteiger partial charge in [-0.25, -0.2) is 0 Å². The van der Waals surface area contributed by atoms with Crippen LogP contribution in [0.1, 0.15) is 62.6 Å². The predicted molar refractivity (Wildman–Crippen MR) is 164 cm³/mol. The molecule has 2 saturated heterocycles. The van der Waals surface area contributed by atoms with Gasteiger partial charge in [0.1, 0.15) is 5.75 Å². The Labute approximate surface area is 251 Å². The normalized spacial score (nSPS) is 19.0. The molecule has 42 heavy (non-hydrogen) atoms. The number of amides is 1. The molecule has 2 aliphatic heterocycles. The molecule has 2 aromatic rings. The van der Waals surface area contributed by atoms with Crippen molar-refractivity contribution in [2.45, 2.75) is 76.2 Å². The monoisotopic (exact) mass is 582 g/mol. The molecule has 4 rings (SSSR count). The highest BCUT2D eigenvalue weighted by Crippen LogP contribution is 2.45. The van der Waals surface area contributed by atoms with Gasteiger partial charge in [0, 0.05) is 44.4 Å². The zero-order valence-corrected chi connectivity index (χ0v) is 25.9. The van der Waals surface area contributed by atoms with Crippen molar-refractivity contribution in [3.8, 4) is 5.75 Å². The molecule has 2 aromatic carbocycles. The number of hydrogen-bond donors (Lipinski definition) is 1. The topological polar surface area (TPSA) is 80.7 Å². The lowest BCUT2D eigenvalue weighted by Crippen LogP contribution is -2.45. The molecule has 0 aromatic heterocycles. The van der Waals surface area contributed by atoms with Crippen LogP contribution in [0, 0.1) is 0 Å². The minimum atomic E-state index is -0.475. The van der Waals surface area contributed by atoms with Crippen molar-refractivity contribution < 1.29 is 28.8 Å². The van der Waals surface area contributed by atoms with E-state index in [0.29, 0.717) is 44.5 Å². The molecule has 2 aliphatic rings. The van der Waals surface area contributed by atoms with Crippen LogP contribution in [0.2, 0.25) is 0 Å². The molecule has 8 nitrogen and oxygen atoms in total. The third kappa shape index (κ3) is 8.32. The summed E-state index contributed by atoms with van der Waals surface area (Å²) in [7, 11) is 3.16. The van der Waals surface area contributed by atoms with Gasteiger partial charge < -0.3 is 33.9 Å². The molecule has 0 radical (unpaired) electrons. The Balaban J connectivity index is 1.36. The summed E-state index contributed by atoms with van der Waals surface area (Å²) in [4.78, 5) is 17.4. The maximum absolute atomic E-state index is 13.1. The Bertz CT molecular complexity index is 1090. The fourth-order valence-electron chi connectivity index (χ4n) is 6.36. The number of aromatic hydroxyl groups is 1. The van der Waals surface area contributed by atoms with Gasteiger partial charge in [0.2, 0.25) is 5.91 Å². The van der Waals surface area contributed by atoms with Crippen LogP contribution in [0.5, 0.6) is 5.75 Å². The summed E-state index contributed by atoms with van der Waals surface area (Å²) in [6.45, 7) is 8.97. The van der Waals surface area contributed by atoms with Crippen LogP contribution in [-0.2, 0) is 35.6 Å². The number of methoxy groups -OCH3 is 2. The average Bonchev–Trinajstić information content (AvgIpc) is 3.53. The van der Waals surface area contributed by atoms with Crippen LogP contribution < -0.4 is 0 Å². The van der Waals surface area contributed by atoms with E-state index in [1.54, 1.807) is 19.1 Å². The number of likely N-dealkylation sites (tertiary alicyclic amines) is 1. The van der Waals surface area contributed by atoms with Crippen molar-refractivity contribution >= 4 is 5.91 Å². The Morgan fingerprint density at radius 2 is 1.83 bits per heavy atom. The van der Waals surface area contributed by atoms with Crippen LogP contribution in [0.4, 0.5) is 0 Å². The second-order valence-corrected chi connectivity index (χ2v) is 11.9. The summed E-state index contributed by atoms with van der Waals surface area (Å²) in [5.41, 5.74) is 3.15. The van der Waals surface area contributed by atoms with Crippen LogP contribution in [-0.4, -0.2) is 99.5 Å². The Hall–Kier alpha value is -2.49. The molecule has 1 amide bonds. The molecule has 0 saturated carbocycles. The maximum Gasteiger partial charge on any atom is 0.225 e. The summed E-state index contributed by atoms with van der Waals surface area (Å²) in [6.07, 6.45) is 4.48. The molecule has 232 valence electrons. The number of rotatable bonds is 15. The number of carbonyl (C=O) groups is 1. The van der Waals surface area contributed by atoms with Crippen molar-refractivity contribution in [3.63, 3.8) is 0 Å². The Morgan fingerprint density at radius 1 is 1.10 bits per heavy atom. The van der Waals surface area contributed by atoms with Gasteiger partial charge >= 0.3 is 0 Å². The fraction of sp³-hybridized carbons (Fsp3) is 0.618. The summed E-state index contributed by atoms with van der Waals surface area (Å²) in [6, 6.07) is 17.1. The van der Waals surface area contributed by atoms with E-state index in [9.17, 15) is 9.90 Å². The Kier molecular flexibility index (Phi) is 12.2. The first-order valence-electron chi connectivity index (χ1n) is 15.5. The smallest absolute Gasteiger partial charge is 0.225 e. The lowest BCUT2D eigenvalue weighted by molar-refractivity contribution is -0.148. The van der Waals surface area contributed by atoms with Crippen LogP contribution in [0.25, 0.3) is 0 Å². The number of benzene rings is 2. The molecule has 0 aliphatic carbocycles. The Morgan fingerprint density at radius 3 is 2.48 bits per heavy atom. The van der Waals surface area contributed by atoms with E-state index >= 15 is 0 Å². The van der Waals surface area contributed by atoms with Crippen molar-refractivity contribution in [1.82, 2.24) is 9.80 Å². The number of piperidine rings is 1. The van der Waals surface area contributed by atoms with Gasteiger partial charge in [-0.2, -0.15) is 0 Å². The predicted octanol–water partition coefficient (Wildman–Crippen LogP) is 4.76. The van der Waals surface area contributed by atoms with E-state index in [4.69, 9.17) is 18.9 Å². The van der Waals surface area contributed by atoms with Crippen LogP contribution in [0.15, 0.2) is 48.5 Å². The quantitative estimate of drug-likeness (QED) is 0.240.